The number of hydrogen-bond acceptors (Lipinski definition) is 4. The summed E-state index contributed by atoms with van der Waals surface area (Å²) in [5.41, 5.74) is 6.19. The largest absolute Gasteiger partial charge is 0.469 e. The molecule has 5 heteroatoms. The van der Waals surface area contributed by atoms with Crippen molar-refractivity contribution in [1.82, 2.24) is 9.80 Å². The Labute approximate surface area is 101 Å². The van der Waals surface area contributed by atoms with Crippen LogP contribution in [0.25, 0.3) is 0 Å². The molecule has 0 saturated carbocycles. The van der Waals surface area contributed by atoms with E-state index in [0.29, 0.717) is 17.9 Å². The second-order valence-corrected chi connectivity index (χ2v) is 4.31. The van der Waals surface area contributed by atoms with E-state index in [9.17, 15) is 4.79 Å². The zero-order valence-corrected chi connectivity index (χ0v) is 10.2. The molecule has 2 N–H and O–H groups in total. The van der Waals surface area contributed by atoms with E-state index in [-0.39, 0.29) is 5.91 Å². The highest BCUT2D eigenvalue weighted by Crippen LogP contribution is 2.13. The minimum atomic E-state index is 0.0728. The molecule has 0 radical (unpaired) electrons. The van der Waals surface area contributed by atoms with Gasteiger partial charge in [0.15, 0.2) is 0 Å². The Balaban J connectivity index is 1.93. The predicted molar refractivity (Wildman–Crippen MR) is 64.8 cm³/mol. The summed E-state index contributed by atoms with van der Waals surface area (Å²) in [7, 11) is 0. The third-order valence-corrected chi connectivity index (χ3v) is 3.19. The van der Waals surface area contributed by atoms with Crippen molar-refractivity contribution >= 4 is 5.91 Å². The van der Waals surface area contributed by atoms with Gasteiger partial charge in [-0.1, -0.05) is 0 Å². The van der Waals surface area contributed by atoms with E-state index in [1.807, 2.05) is 11.8 Å². The van der Waals surface area contributed by atoms with Gasteiger partial charge in [-0.15, -0.1) is 0 Å². The molecular formula is C12H19N3O2. The van der Waals surface area contributed by atoms with Gasteiger partial charge in [0.1, 0.15) is 5.76 Å². The molecule has 0 unspecified atom stereocenters. The summed E-state index contributed by atoms with van der Waals surface area (Å²) in [6.45, 7) is 6.74. The van der Waals surface area contributed by atoms with E-state index >= 15 is 0 Å². The Hall–Kier alpha value is -1.33. The number of furan rings is 1. The maximum absolute atomic E-state index is 12.2. The second kappa shape index (κ2) is 5.33. The number of carbonyl (C=O) groups is 1. The minimum Gasteiger partial charge on any atom is -0.469 e. The molecular weight excluding hydrogens is 218 g/mol. The van der Waals surface area contributed by atoms with Gasteiger partial charge in [-0.2, -0.15) is 0 Å². The van der Waals surface area contributed by atoms with E-state index in [2.05, 4.69) is 4.90 Å². The van der Waals surface area contributed by atoms with Crippen LogP contribution in [-0.2, 0) is 0 Å². The number of rotatable bonds is 3. The van der Waals surface area contributed by atoms with E-state index < -0.39 is 0 Å². The fraction of sp³-hybridized carbons (Fsp3) is 0.583. The average molecular weight is 237 g/mol. The summed E-state index contributed by atoms with van der Waals surface area (Å²) in [6, 6.07) is 1.74. The summed E-state index contributed by atoms with van der Waals surface area (Å²) in [5.74, 6) is 0.767. The molecule has 5 nitrogen and oxygen atoms in total. The quantitative estimate of drug-likeness (QED) is 0.821. The fourth-order valence-corrected chi connectivity index (χ4v) is 2.13. The Bertz CT molecular complexity index is 381. The molecule has 1 aliphatic rings. The molecule has 0 aliphatic carbocycles. The molecule has 2 rings (SSSR count). The second-order valence-electron chi connectivity index (χ2n) is 4.31. The first-order valence-electron chi connectivity index (χ1n) is 5.98. The number of hydrogen-bond donors (Lipinski definition) is 1. The molecule has 0 spiro atoms. The van der Waals surface area contributed by atoms with Crippen molar-refractivity contribution < 1.29 is 9.21 Å². The van der Waals surface area contributed by atoms with Crippen LogP contribution in [0.1, 0.15) is 16.1 Å². The average Bonchev–Trinajstić information content (AvgIpc) is 2.76. The van der Waals surface area contributed by atoms with Gasteiger partial charge in [-0.25, -0.2) is 0 Å². The monoisotopic (exact) mass is 237 g/mol. The van der Waals surface area contributed by atoms with Gasteiger partial charge in [-0.3, -0.25) is 9.69 Å². The number of carbonyl (C=O) groups excluding carboxylic acids is 1. The highest BCUT2D eigenvalue weighted by molar-refractivity contribution is 5.95. The summed E-state index contributed by atoms with van der Waals surface area (Å²) in [5, 5.41) is 0. The fourth-order valence-electron chi connectivity index (χ4n) is 2.13. The summed E-state index contributed by atoms with van der Waals surface area (Å²) in [4.78, 5) is 16.3. The number of piperazine rings is 1. The van der Waals surface area contributed by atoms with Crippen molar-refractivity contribution in [2.75, 3.05) is 39.3 Å². The summed E-state index contributed by atoms with van der Waals surface area (Å²) < 4.78 is 5.16. The lowest BCUT2D eigenvalue weighted by Gasteiger charge is -2.34. The zero-order chi connectivity index (χ0) is 12.3. The number of aryl methyl sites for hydroxylation is 1. The Kier molecular flexibility index (Phi) is 3.81. The van der Waals surface area contributed by atoms with Crippen LogP contribution in [0.4, 0.5) is 0 Å². The van der Waals surface area contributed by atoms with Gasteiger partial charge in [0.25, 0.3) is 5.91 Å². The van der Waals surface area contributed by atoms with Crippen LogP contribution in [0.3, 0.4) is 0 Å². The van der Waals surface area contributed by atoms with Gasteiger partial charge >= 0.3 is 0 Å². The molecule has 17 heavy (non-hydrogen) atoms. The highest BCUT2D eigenvalue weighted by Gasteiger charge is 2.23. The molecule has 0 atom stereocenters. The summed E-state index contributed by atoms with van der Waals surface area (Å²) in [6.07, 6.45) is 1.56. The minimum absolute atomic E-state index is 0.0728. The smallest absolute Gasteiger partial charge is 0.257 e. The van der Waals surface area contributed by atoms with Crippen molar-refractivity contribution in [1.29, 1.82) is 0 Å². The molecule has 1 aromatic heterocycles. The van der Waals surface area contributed by atoms with Gasteiger partial charge < -0.3 is 15.1 Å². The van der Waals surface area contributed by atoms with Gasteiger partial charge in [-0.05, 0) is 13.0 Å². The Morgan fingerprint density at radius 3 is 2.65 bits per heavy atom. The van der Waals surface area contributed by atoms with E-state index in [1.165, 1.54) is 0 Å². The number of nitrogens with zero attached hydrogens (tertiary/aromatic N) is 2. The molecule has 0 bridgehead atoms. The van der Waals surface area contributed by atoms with E-state index in [0.717, 1.165) is 32.7 Å². The van der Waals surface area contributed by atoms with Crippen LogP contribution >= 0.6 is 0 Å². The third-order valence-electron chi connectivity index (χ3n) is 3.19. The lowest BCUT2D eigenvalue weighted by molar-refractivity contribution is 0.0639. The molecule has 1 aromatic rings. The third kappa shape index (κ3) is 2.68. The van der Waals surface area contributed by atoms with Gasteiger partial charge in [0.2, 0.25) is 0 Å². The first-order valence-corrected chi connectivity index (χ1v) is 5.98. The normalized spacial score (nSPS) is 17.4. The van der Waals surface area contributed by atoms with Gasteiger partial charge in [0, 0.05) is 39.3 Å². The topological polar surface area (TPSA) is 62.7 Å². The standard InChI is InChI=1S/C12H19N3O2/c1-10-11(2-9-17-10)12(16)15-7-5-14(4-3-13)6-8-15/h2,9H,3-8,13H2,1H3. The first kappa shape index (κ1) is 12.1. The first-order chi connectivity index (χ1) is 8.22. The van der Waals surface area contributed by atoms with Crippen molar-refractivity contribution in [3.8, 4) is 0 Å². The molecule has 1 fully saturated rings. The van der Waals surface area contributed by atoms with Crippen molar-refractivity contribution in [2.24, 2.45) is 5.73 Å². The van der Waals surface area contributed by atoms with Crippen LogP contribution in [0.5, 0.6) is 0 Å². The molecule has 1 saturated heterocycles. The Morgan fingerprint density at radius 1 is 1.41 bits per heavy atom. The number of amides is 1. The van der Waals surface area contributed by atoms with Crippen LogP contribution in [0.2, 0.25) is 0 Å². The van der Waals surface area contributed by atoms with Crippen LogP contribution in [-0.4, -0.2) is 55.0 Å². The lowest BCUT2D eigenvalue weighted by atomic mass is 10.2. The zero-order valence-electron chi connectivity index (χ0n) is 10.2. The maximum atomic E-state index is 12.2. The van der Waals surface area contributed by atoms with Crippen molar-refractivity contribution in [2.45, 2.75) is 6.92 Å². The van der Waals surface area contributed by atoms with Crippen molar-refractivity contribution in [3.63, 3.8) is 0 Å². The van der Waals surface area contributed by atoms with E-state index in [1.54, 1.807) is 12.3 Å². The Morgan fingerprint density at radius 2 is 2.12 bits per heavy atom. The maximum Gasteiger partial charge on any atom is 0.257 e. The van der Waals surface area contributed by atoms with Crippen LogP contribution in [0, 0.1) is 6.92 Å². The molecule has 2 heterocycles. The SMILES string of the molecule is Cc1occc1C(=O)N1CCN(CCN)CC1. The van der Waals surface area contributed by atoms with Crippen LogP contribution < -0.4 is 5.73 Å². The molecule has 94 valence electrons. The van der Waals surface area contributed by atoms with Crippen LogP contribution in [0.15, 0.2) is 16.7 Å². The molecule has 1 aliphatic heterocycles. The molecule has 0 aromatic carbocycles. The van der Waals surface area contributed by atoms with Crippen molar-refractivity contribution in [3.05, 3.63) is 23.7 Å². The van der Waals surface area contributed by atoms with Gasteiger partial charge in [0.05, 0.1) is 11.8 Å². The highest BCUT2D eigenvalue weighted by atomic mass is 16.3. The number of nitrogens with two attached hydrogens (primary N) is 1. The predicted octanol–water partition coefficient (Wildman–Crippen LogP) is 0.305. The summed E-state index contributed by atoms with van der Waals surface area (Å²) >= 11 is 0. The van der Waals surface area contributed by atoms with E-state index in [4.69, 9.17) is 10.2 Å². The lowest BCUT2D eigenvalue weighted by Crippen LogP contribution is -2.49. The molecule has 1 amide bonds.